The lowest BCUT2D eigenvalue weighted by atomic mass is 9.82. The Kier molecular flexibility index (Phi) is 6.41. The second-order valence-electron chi connectivity index (χ2n) is 8.77. The van der Waals surface area contributed by atoms with E-state index in [9.17, 15) is 18.0 Å². The summed E-state index contributed by atoms with van der Waals surface area (Å²) in [6.07, 6.45) is 3.23. The first-order valence-corrected chi connectivity index (χ1v) is 11.1. The Hall–Kier alpha value is -2.29. The first-order chi connectivity index (χ1) is 14.8. The molecule has 0 atom stereocenters. The summed E-state index contributed by atoms with van der Waals surface area (Å²) >= 11 is 0. The predicted molar refractivity (Wildman–Crippen MR) is 112 cm³/mol. The van der Waals surface area contributed by atoms with Gasteiger partial charge in [-0.15, -0.1) is 0 Å². The second-order valence-corrected chi connectivity index (χ2v) is 8.77. The van der Waals surface area contributed by atoms with Gasteiger partial charge in [0.25, 0.3) is 0 Å². The maximum absolute atomic E-state index is 12.9. The number of carbonyl (C=O) groups excluding carboxylic acids is 1. The Morgan fingerprint density at radius 3 is 2.65 bits per heavy atom. The number of anilines is 1. The number of alkyl halides is 3. The molecule has 6 nitrogen and oxygen atoms in total. The Morgan fingerprint density at radius 1 is 1.23 bits per heavy atom. The van der Waals surface area contributed by atoms with Gasteiger partial charge < -0.3 is 15.2 Å². The molecule has 0 unspecified atom stereocenters. The molecule has 1 aliphatic heterocycles. The van der Waals surface area contributed by atoms with Gasteiger partial charge in [0.1, 0.15) is 0 Å². The third kappa shape index (κ3) is 5.14. The van der Waals surface area contributed by atoms with Gasteiger partial charge >= 0.3 is 6.18 Å². The molecule has 2 aliphatic rings. The van der Waals surface area contributed by atoms with Crippen LogP contribution >= 0.6 is 0 Å². The average Bonchev–Trinajstić information content (AvgIpc) is 3.11. The van der Waals surface area contributed by atoms with Crippen LogP contribution in [0.3, 0.4) is 0 Å². The number of rotatable bonds is 7. The number of hydrogen-bond acceptors (Lipinski definition) is 5. The first-order valence-electron chi connectivity index (χ1n) is 11.1. The molecule has 1 aromatic carbocycles. The summed E-state index contributed by atoms with van der Waals surface area (Å²) < 4.78 is 43.9. The normalized spacial score (nSPS) is 23.0. The van der Waals surface area contributed by atoms with Crippen molar-refractivity contribution in [2.75, 3.05) is 25.0 Å². The van der Waals surface area contributed by atoms with E-state index in [-0.39, 0.29) is 35.3 Å². The highest BCUT2D eigenvalue weighted by Crippen LogP contribution is 2.34. The Balaban J connectivity index is 1.22. The van der Waals surface area contributed by atoms with E-state index < -0.39 is 11.7 Å². The lowest BCUT2D eigenvalue weighted by Gasteiger charge is -2.46. The lowest BCUT2D eigenvalue weighted by Crippen LogP contribution is -2.63. The van der Waals surface area contributed by atoms with Crippen LogP contribution in [0.5, 0.6) is 0 Å². The molecule has 170 valence electrons. The molecule has 2 heterocycles. The van der Waals surface area contributed by atoms with Gasteiger partial charge in [0, 0.05) is 19.1 Å². The Morgan fingerprint density at radius 2 is 1.97 bits per heavy atom. The number of benzene rings is 1. The minimum Gasteiger partial charge on any atom is -0.358 e. The molecule has 2 aromatic rings. The van der Waals surface area contributed by atoms with Gasteiger partial charge in [-0.25, -0.2) is 0 Å². The maximum atomic E-state index is 12.9. The molecular formula is C22H29F3N4O2. The molecule has 0 spiro atoms. The zero-order chi connectivity index (χ0) is 22.0. The van der Waals surface area contributed by atoms with Crippen molar-refractivity contribution in [2.24, 2.45) is 5.92 Å². The number of nitrogens with one attached hydrogen (secondary N) is 2. The number of likely N-dealkylation sites (tertiary alicyclic amines) is 1. The van der Waals surface area contributed by atoms with Crippen LogP contribution in [-0.4, -0.2) is 47.7 Å². The van der Waals surface area contributed by atoms with Crippen LogP contribution < -0.4 is 10.6 Å². The van der Waals surface area contributed by atoms with Crippen molar-refractivity contribution >= 4 is 22.7 Å². The van der Waals surface area contributed by atoms with E-state index >= 15 is 0 Å². The highest BCUT2D eigenvalue weighted by molar-refractivity contribution is 5.90. The number of fused-ring (bicyclic) bond motifs is 1. The molecule has 2 fully saturated rings. The fraction of sp³-hybridized carbons (Fsp3) is 0.636. The topological polar surface area (TPSA) is 70.4 Å². The Bertz CT molecular complexity index is 900. The maximum Gasteiger partial charge on any atom is 0.416 e. The highest BCUT2D eigenvalue weighted by atomic mass is 19.4. The number of halogens is 3. The van der Waals surface area contributed by atoms with Gasteiger partial charge in [0.05, 0.1) is 23.5 Å². The van der Waals surface area contributed by atoms with Gasteiger partial charge in [-0.2, -0.15) is 13.2 Å². The van der Waals surface area contributed by atoms with Crippen molar-refractivity contribution in [3.05, 3.63) is 23.8 Å². The molecule has 1 saturated heterocycles. The summed E-state index contributed by atoms with van der Waals surface area (Å²) in [6, 6.07) is 3.90. The van der Waals surface area contributed by atoms with Crippen molar-refractivity contribution in [3.63, 3.8) is 0 Å². The third-order valence-electron chi connectivity index (χ3n) is 6.52. The van der Waals surface area contributed by atoms with Gasteiger partial charge in [-0.3, -0.25) is 9.69 Å². The molecule has 0 bridgehead atoms. The molecule has 1 aromatic heterocycles. The molecule has 31 heavy (non-hydrogen) atoms. The summed E-state index contributed by atoms with van der Waals surface area (Å²) in [5.74, 6) is 0.804. The summed E-state index contributed by atoms with van der Waals surface area (Å²) in [5, 5.41) is 9.73. The van der Waals surface area contributed by atoms with Gasteiger partial charge in [-0.1, -0.05) is 24.9 Å². The number of aromatic nitrogens is 1. The van der Waals surface area contributed by atoms with Crippen LogP contribution in [-0.2, 0) is 11.0 Å². The molecule has 9 heteroatoms. The van der Waals surface area contributed by atoms with Crippen LogP contribution in [0, 0.1) is 5.92 Å². The molecule has 1 amide bonds. The Labute approximate surface area is 179 Å². The van der Waals surface area contributed by atoms with Crippen LogP contribution in [0.25, 0.3) is 11.0 Å². The van der Waals surface area contributed by atoms with E-state index in [1.165, 1.54) is 44.6 Å². The van der Waals surface area contributed by atoms with E-state index in [0.717, 1.165) is 31.1 Å². The van der Waals surface area contributed by atoms with E-state index in [4.69, 9.17) is 4.52 Å². The quantitative estimate of drug-likeness (QED) is 0.670. The smallest absolute Gasteiger partial charge is 0.358 e. The summed E-state index contributed by atoms with van der Waals surface area (Å²) in [6.45, 7) is 3.89. The van der Waals surface area contributed by atoms with E-state index in [2.05, 4.69) is 27.6 Å². The van der Waals surface area contributed by atoms with Crippen LogP contribution in [0.4, 0.5) is 19.0 Å². The minimum atomic E-state index is -4.45. The largest absolute Gasteiger partial charge is 0.416 e. The summed E-state index contributed by atoms with van der Waals surface area (Å²) in [5.41, 5.74) is -0.548. The predicted octanol–water partition coefficient (Wildman–Crippen LogP) is 4.42. The van der Waals surface area contributed by atoms with Crippen molar-refractivity contribution in [1.29, 1.82) is 0 Å². The molecule has 1 saturated carbocycles. The zero-order valence-electron chi connectivity index (χ0n) is 17.7. The fourth-order valence-corrected chi connectivity index (χ4v) is 4.79. The summed E-state index contributed by atoms with van der Waals surface area (Å²) in [7, 11) is 0. The van der Waals surface area contributed by atoms with Crippen molar-refractivity contribution < 1.29 is 22.5 Å². The molecule has 0 radical (unpaired) electrons. The molecule has 1 aliphatic carbocycles. The average molecular weight is 438 g/mol. The number of hydrogen-bond donors (Lipinski definition) is 2. The van der Waals surface area contributed by atoms with Crippen molar-refractivity contribution in [2.45, 2.75) is 63.7 Å². The zero-order valence-corrected chi connectivity index (χ0v) is 17.7. The van der Waals surface area contributed by atoms with Crippen molar-refractivity contribution in [1.82, 2.24) is 15.4 Å². The minimum absolute atomic E-state index is 0.0729. The number of nitrogens with zero attached hydrogens (tertiary/aromatic N) is 2. The first kappa shape index (κ1) is 21.9. The molecule has 2 N–H and O–H groups in total. The second kappa shape index (κ2) is 9.06. The van der Waals surface area contributed by atoms with Gasteiger partial charge in [-0.05, 0) is 49.8 Å². The van der Waals surface area contributed by atoms with E-state index in [1.54, 1.807) is 0 Å². The van der Waals surface area contributed by atoms with Crippen LogP contribution in [0.1, 0.15) is 51.0 Å². The monoisotopic (exact) mass is 438 g/mol. The van der Waals surface area contributed by atoms with Crippen LogP contribution in [0.15, 0.2) is 22.7 Å². The van der Waals surface area contributed by atoms with Crippen molar-refractivity contribution in [3.8, 4) is 0 Å². The van der Waals surface area contributed by atoms with Crippen LogP contribution in [0.2, 0.25) is 0 Å². The summed E-state index contributed by atoms with van der Waals surface area (Å²) in [4.78, 5) is 14.7. The van der Waals surface area contributed by atoms with Gasteiger partial charge in [0.2, 0.25) is 5.91 Å². The third-order valence-corrected chi connectivity index (χ3v) is 6.52. The lowest BCUT2D eigenvalue weighted by molar-refractivity contribution is -0.137. The fourth-order valence-electron chi connectivity index (χ4n) is 4.79. The highest BCUT2D eigenvalue weighted by Gasteiger charge is 2.35. The number of amides is 1. The SMILES string of the molecule is CCC[C@H]1CC[C@@H](N2CC(NC(=O)CNc3noc4ccc(C(F)(F)F)cc34)C2)CC1. The van der Waals surface area contributed by atoms with E-state index in [1.807, 2.05) is 0 Å². The number of carbonyl (C=O) groups is 1. The standard InChI is InChI=1S/C22H29F3N4O2/c1-2-3-14-4-7-17(8-5-14)29-12-16(13-29)27-20(30)11-26-21-18-10-15(22(23,24)25)6-9-19(18)31-28-21/h6,9-10,14,16-17H,2-5,7-8,11-13H2,1H3,(H,26,28)(H,27,30)/t14-,17+. The van der Waals surface area contributed by atoms with E-state index in [0.29, 0.717) is 6.04 Å². The molecule has 4 rings (SSSR count). The van der Waals surface area contributed by atoms with Gasteiger partial charge in [0.15, 0.2) is 11.4 Å². The molecular weight excluding hydrogens is 409 g/mol.